The highest BCUT2D eigenvalue weighted by Gasteiger charge is 2.17. The molecule has 0 radical (unpaired) electrons. The van der Waals surface area contributed by atoms with E-state index < -0.39 is 0 Å². The molecule has 3 aromatic rings. The maximum Gasteiger partial charge on any atom is 0.315 e. The highest BCUT2D eigenvalue weighted by Crippen LogP contribution is 2.19. The Kier molecular flexibility index (Phi) is 4.69. The largest absolute Gasteiger partial charge is 0.467 e. The van der Waals surface area contributed by atoms with E-state index >= 15 is 0 Å². The van der Waals surface area contributed by atoms with E-state index in [1.807, 2.05) is 54.6 Å². The van der Waals surface area contributed by atoms with Crippen molar-refractivity contribution in [3.05, 3.63) is 90.1 Å². The molecule has 0 aliphatic rings. The summed E-state index contributed by atoms with van der Waals surface area (Å²) in [6.07, 6.45) is 3.29. The van der Waals surface area contributed by atoms with Crippen molar-refractivity contribution in [2.45, 2.75) is 12.6 Å². The van der Waals surface area contributed by atoms with Gasteiger partial charge in [0.05, 0.1) is 24.5 Å². The second kappa shape index (κ2) is 7.26. The van der Waals surface area contributed by atoms with Crippen LogP contribution in [0.15, 0.2) is 77.5 Å². The van der Waals surface area contributed by atoms with Crippen LogP contribution in [0, 0.1) is 0 Å². The predicted octanol–water partition coefficient (Wildman–Crippen LogP) is 3.26. The molecular weight excluding hydrogens is 290 g/mol. The Balaban J connectivity index is 1.72. The van der Waals surface area contributed by atoms with Crippen molar-refractivity contribution in [2.24, 2.45) is 0 Å². The third kappa shape index (κ3) is 3.97. The summed E-state index contributed by atoms with van der Waals surface area (Å²) in [6.45, 7) is 0.336. The zero-order chi connectivity index (χ0) is 15.9. The molecule has 0 bridgehead atoms. The summed E-state index contributed by atoms with van der Waals surface area (Å²) in [5, 5.41) is 5.74. The first-order chi connectivity index (χ1) is 11.3. The molecule has 0 fully saturated rings. The summed E-state index contributed by atoms with van der Waals surface area (Å²) in [5.41, 5.74) is 1.76. The fourth-order valence-electron chi connectivity index (χ4n) is 2.28. The number of carbonyl (C=O) groups is 1. The lowest BCUT2D eigenvalue weighted by molar-refractivity contribution is 0.237. The van der Waals surface area contributed by atoms with Crippen LogP contribution in [0.1, 0.15) is 23.1 Å². The second-order valence-electron chi connectivity index (χ2n) is 5.00. The van der Waals surface area contributed by atoms with Crippen molar-refractivity contribution in [3.63, 3.8) is 0 Å². The summed E-state index contributed by atoms with van der Waals surface area (Å²) in [4.78, 5) is 16.6. The van der Waals surface area contributed by atoms with E-state index in [0.717, 1.165) is 11.3 Å². The van der Waals surface area contributed by atoms with Gasteiger partial charge in [-0.25, -0.2) is 4.79 Å². The lowest BCUT2D eigenvalue weighted by atomic mass is 10.0. The van der Waals surface area contributed by atoms with Gasteiger partial charge in [-0.05, 0) is 29.8 Å². The number of furan rings is 1. The van der Waals surface area contributed by atoms with Crippen molar-refractivity contribution in [2.75, 3.05) is 0 Å². The summed E-state index contributed by atoms with van der Waals surface area (Å²) >= 11 is 0. The molecule has 0 saturated heterocycles. The normalized spacial score (nSPS) is 11.7. The minimum atomic E-state index is -0.311. The standard InChI is InChI=1S/C18H17N3O2/c22-18(20-13-15-9-6-12-23-15)21-17(14-7-2-1-3-8-14)16-10-4-5-11-19-16/h1-12,17H,13H2,(H2,20,21,22). The topological polar surface area (TPSA) is 67.2 Å². The van der Waals surface area contributed by atoms with Gasteiger partial charge in [-0.3, -0.25) is 4.98 Å². The fraction of sp³-hybridized carbons (Fsp3) is 0.111. The van der Waals surface area contributed by atoms with Gasteiger partial charge in [0, 0.05) is 6.20 Å². The number of benzene rings is 1. The first-order valence-corrected chi connectivity index (χ1v) is 7.35. The number of aromatic nitrogens is 1. The minimum Gasteiger partial charge on any atom is -0.467 e. The second-order valence-corrected chi connectivity index (χ2v) is 5.00. The van der Waals surface area contributed by atoms with Crippen molar-refractivity contribution in [1.82, 2.24) is 15.6 Å². The molecule has 1 aromatic carbocycles. The molecule has 23 heavy (non-hydrogen) atoms. The zero-order valence-corrected chi connectivity index (χ0v) is 12.5. The summed E-state index contributed by atoms with van der Waals surface area (Å²) in [5.74, 6) is 0.703. The molecule has 2 heterocycles. The van der Waals surface area contributed by atoms with Gasteiger partial charge in [-0.15, -0.1) is 0 Å². The van der Waals surface area contributed by atoms with Gasteiger partial charge in [0.15, 0.2) is 0 Å². The number of rotatable bonds is 5. The van der Waals surface area contributed by atoms with Crippen molar-refractivity contribution < 1.29 is 9.21 Å². The predicted molar refractivity (Wildman–Crippen MR) is 86.6 cm³/mol. The highest BCUT2D eigenvalue weighted by molar-refractivity contribution is 5.74. The number of nitrogens with zero attached hydrogens (tertiary/aromatic N) is 1. The first-order valence-electron chi connectivity index (χ1n) is 7.35. The molecule has 0 spiro atoms. The van der Waals surface area contributed by atoms with Crippen LogP contribution in [0.4, 0.5) is 4.79 Å². The van der Waals surface area contributed by atoms with Gasteiger partial charge < -0.3 is 15.1 Å². The van der Waals surface area contributed by atoms with Crippen LogP contribution < -0.4 is 10.6 Å². The molecule has 5 heteroatoms. The van der Waals surface area contributed by atoms with Gasteiger partial charge in [0.2, 0.25) is 0 Å². The zero-order valence-electron chi connectivity index (χ0n) is 12.5. The van der Waals surface area contributed by atoms with Gasteiger partial charge in [0.1, 0.15) is 5.76 Å². The van der Waals surface area contributed by atoms with Crippen LogP contribution >= 0.6 is 0 Å². The smallest absolute Gasteiger partial charge is 0.315 e. The molecule has 0 aliphatic carbocycles. The van der Waals surface area contributed by atoms with E-state index in [0.29, 0.717) is 12.3 Å². The Hall–Kier alpha value is -3.08. The Labute approximate surface area is 134 Å². The average molecular weight is 307 g/mol. The number of urea groups is 1. The number of pyridine rings is 1. The molecule has 0 saturated carbocycles. The molecule has 116 valence electrons. The van der Waals surface area contributed by atoms with Crippen LogP contribution in [0.25, 0.3) is 0 Å². The van der Waals surface area contributed by atoms with Crippen LogP contribution in [0.3, 0.4) is 0 Å². The van der Waals surface area contributed by atoms with Gasteiger partial charge in [-0.1, -0.05) is 36.4 Å². The quantitative estimate of drug-likeness (QED) is 0.760. The highest BCUT2D eigenvalue weighted by atomic mass is 16.3. The van der Waals surface area contributed by atoms with Crippen molar-refractivity contribution in [1.29, 1.82) is 0 Å². The van der Waals surface area contributed by atoms with E-state index in [1.54, 1.807) is 18.5 Å². The molecule has 2 N–H and O–H groups in total. The Morgan fingerprint density at radius 1 is 1.04 bits per heavy atom. The molecule has 2 aromatic heterocycles. The lowest BCUT2D eigenvalue weighted by Crippen LogP contribution is -2.38. The molecule has 1 unspecified atom stereocenters. The minimum absolute atomic E-state index is 0.277. The third-order valence-electron chi connectivity index (χ3n) is 3.40. The number of nitrogens with one attached hydrogen (secondary N) is 2. The van der Waals surface area contributed by atoms with E-state index in [4.69, 9.17) is 4.42 Å². The van der Waals surface area contributed by atoms with E-state index in [-0.39, 0.29) is 12.1 Å². The monoisotopic (exact) mass is 307 g/mol. The van der Waals surface area contributed by atoms with E-state index in [2.05, 4.69) is 15.6 Å². The molecular formula is C18H17N3O2. The van der Waals surface area contributed by atoms with Crippen LogP contribution in [0.5, 0.6) is 0 Å². The number of hydrogen-bond donors (Lipinski definition) is 2. The third-order valence-corrected chi connectivity index (χ3v) is 3.40. The lowest BCUT2D eigenvalue weighted by Gasteiger charge is -2.19. The summed E-state index contributed by atoms with van der Waals surface area (Å²) < 4.78 is 5.20. The average Bonchev–Trinajstić information content (AvgIpc) is 3.13. The Morgan fingerprint density at radius 3 is 2.57 bits per heavy atom. The van der Waals surface area contributed by atoms with Gasteiger partial charge >= 0.3 is 6.03 Å². The summed E-state index contributed by atoms with van der Waals surface area (Å²) in [6, 6.07) is 18.4. The van der Waals surface area contributed by atoms with Gasteiger partial charge in [0.25, 0.3) is 0 Å². The van der Waals surface area contributed by atoms with Crippen molar-refractivity contribution in [3.8, 4) is 0 Å². The maximum atomic E-state index is 12.2. The number of carbonyl (C=O) groups excluding carboxylic acids is 1. The Bertz CT molecular complexity index is 688. The molecule has 3 rings (SSSR count). The number of amides is 2. The Morgan fingerprint density at radius 2 is 1.87 bits per heavy atom. The fourth-order valence-corrected chi connectivity index (χ4v) is 2.28. The van der Waals surface area contributed by atoms with Gasteiger partial charge in [-0.2, -0.15) is 0 Å². The molecule has 1 atom stereocenters. The van der Waals surface area contributed by atoms with E-state index in [9.17, 15) is 4.79 Å². The van der Waals surface area contributed by atoms with Crippen LogP contribution in [-0.4, -0.2) is 11.0 Å². The maximum absolute atomic E-state index is 12.2. The van der Waals surface area contributed by atoms with Crippen LogP contribution in [0.2, 0.25) is 0 Å². The first kappa shape index (κ1) is 14.8. The van der Waals surface area contributed by atoms with Crippen LogP contribution in [-0.2, 0) is 6.54 Å². The number of hydrogen-bond acceptors (Lipinski definition) is 3. The molecule has 0 aliphatic heterocycles. The van der Waals surface area contributed by atoms with Crippen molar-refractivity contribution >= 4 is 6.03 Å². The SMILES string of the molecule is O=C(NCc1ccco1)NC(c1ccccc1)c1ccccn1. The molecule has 5 nitrogen and oxygen atoms in total. The van der Waals surface area contributed by atoms with E-state index in [1.165, 1.54) is 0 Å². The summed E-state index contributed by atoms with van der Waals surface area (Å²) in [7, 11) is 0. The molecule has 2 amide bonds.